The zero-order chi connectivity index (χ0) is 19.9. The van der Waals surface area contributed by atoms with Crippen molar-refractivity contribution in [1.29, 1.82) is 0 Å². The number of aliphatic imine (C=N–C) groups is 1. The number of aromatic hydroxyl groups is 1. The molecule has 0 aliphatic heterocycles. The Balaban J connectivity index is 1.75. The Labute approximate surface area is 174 Å². The molecule has 0 heterocycles. The number of nitrogens with zero attached hydrogens (tertiary/aromatic N) is 1. The Bertz CT molecular complexity index is 939. The minimum Gasteiger partial charge on any atom is -0.507 e. The van der Waals surface area contributed by atoms with Crippen molar-refractivity contribution in [2.75, 3.05) is 0 Å². The van der Waals surface area contributed by atoms with E-state index in [0.717, 1.165) is 35.2 Å². The number of rotatable bonds is 4. The Morgan fingerprint density at radius 1 is 0.724 bits per heavy atom. The predicted molar refractivity (Wildman–Crippen MR) is 122 cm³/mol. The summed E-state index contributed by atoms with van der Waals surface area (Å²) in [5.41, 5.74) is 5.10. The maximum absolute atomic E-state index is 11.2. The summed E-state index contributed by atoms with van der Waals surface area (Å²) >= 11 is 0. The van der Waals surface area contributed by atoms with Gasteiger partial charge in [0.2, 0.25) is 0 Å². The third kappa shape index (κ3) is 4.95. The first kappa shape index (κ1) is 19.4. The first-order chi connectivity index (χ1) is 14.3. The van der Waals surface area contributed by atoms with E-state index < -0.39 is 0 Å². The van der Waals surface area contributed by atoms with Crippen molar-refractivity contribution in [3.8, 4) is 16.9 Å². The highest BCUT2D eigenvalue weighted by Gasteiger charge is 2.20. The lowest BCUT2D eigenvalue weighted by molar-refractivity contribution is 0.424. The van der Waals surface area contributed by atoms with Gasteiger partial charge in [0.1, 0.15) is 5.75 Å². The number of phenolic OH excluding ortho intramolecular Hbond substituents is 1. The number of phenols is 1. The van der Waals surface area contributed by atoms with Gasteiger partial charge in [-0.15, -0.1) is 0 Å². The van der Waals surface area contributed by atoms with Crippen LogP contribution in [-0.4, -0.2) is 11.3 Å². The molecule has 1 aliphatic carbocycles. The van der Waals surface area contributed by atoms with Crippen molar-refractivity contribution in [2.45, 2.75) is 50.9 Å². The van der Waals surface area contributed by atoms with E-state index in [1.165, 1.54) is 37.7 Å². The summed E-state index contributed by atoms with van der Waals surface area (Å²) in [6, 6.07) is 24.6. The van der Waals surface area contributed by atoms with Crippen molar-refractivity contribution < 1.29 is 5.11 Å². The summed E-state index contributed by atoms with van der Waals surface area (Å²) in [5.74, 6) is 0.817. The highest BCUT2D eigenvalue weighted by molar-refractivity contribution is 5.88. The average molecular weight is 384 g/mol. The highest BCUT2D eigenvalue weighted by atomic mass is 16.3. The van der Waals surface area contributed by atoms with Crippen LogP contribution in [0.4, 0.5) is 5.69 Å². The Kier molecular flexibility index (Phi) is 6.41. The minimum atomic E-state index is 0.398. The van der Waals surface area contributed by atoms with Gasteiger partial charge in [-0.2, -0.15) is 0 Å². The normalized spacial score (nSPS) is 15.9. The highest BCUT2D eigenvalue weighted by Crippen LogP contribution is 2.39. The van der Waals surface area contributed by atoms with Crippen LogP contribution in [0.5, 0.6) is 5.75 Å². The molecule has 0 atom stereocenters. The number of benzene rings is 3. The van der Waals surface area contributed by atoms with Crippen LogP contribution in [0, 0.1) is 0 Å². The van der Waals surface area contributed by atoms with Gasteiger partial charge < -0.3 is 5.11 Å². The molecule has 0 aromatic heterocycles. The van der Waals surface area contributed by atoms with Gasteiger partial charge in [0.05, 0.1) is 5.69 Å². The van der Waals surface area contributed by atoms with E-state index in [1.807, 2.05) is 42.6 Å². The molecule has 0 amide bonds. The lowest BCUT2D eigenvalue weighted by Gasteiger charge is -2.22. The van der Waals surface area contributed by atoms with Crippen LogP contribution < -0.4 is 0 Å². The average Bonchev–Trinajstić information content (AvgIpc) is 2.75. The molecule has 2 heteroatoms. The lowest BCUT2D eigenvalue weighted by Crippen LogP contribution is -2.04. The zero-order valence-corrected chi connectivity index (χ0v) is 16.9. The summed E-state index contributed by atoms with van der Waals surface area (Å²) in [7, 11) is 0. The SMILES string of the molecule is Oc1c(C=Nc2ccccc2)cc(-c2ccccc2)cc1C1CCCCCCC1. The molecule has 3 aromatic carbocycles. The summed E-state index contributed by atoms with van der Waals surface area (Å²) in [6.07, 6.45) is 10.6. The monoisotopic (exact) mass is 383 g/mol. The van der Waals surface area contributed by atoms with Crippen LogP contribution in [0.2, 0.25) is 0 Å². The fourth-order valence-corrected chi connectivity index (χ4v) is 4.31. The molecule has 0 unspecified atom stereocenters. The molecule has 1 fully saturated rings. The molecule has 0 spiro atoms. The maximum Gasteiger partial charge on any atom is 0.127 e. The van der Waals surface area contributed by atoms with E-state index in [0.29, 0.717) is 11.7 Å². The van der Waals surface area contributed by atoms with Crippen molar-refractivity contribution in [1.82, 2.24) is 0 Å². The van der Waals surface area contributed by atoms with Crippen LogP contribution in [0.3, 0.4) is 0 Å². The van der Waals surface area contributed by atoms with Crippen LogP contribution in [0.25, 0.3) is 11.1 Å². The van der Waals surface area contributed by atoms with Crippen molar-refractivity contribution in [3.05, 3.63) is 83.9 Å². The van der Waals surface area contributed by atoms with Crippen molar-refractivity contribution in [3.63, 3.8) is 0 Å². The van der Waals surface area contributed by atoms with E-state index in [4.69, 9.17) is 0 Å². The fraction of sp³-hybridized carbons (Fsp3) is 0.296. The molecule has 0 bridgehead atoms. The first-order valence-corrected chi connectivity index (χ1v) is 10.8. The zero-order valence-electron chi connectivity index (χ0n) is 16.9. The molecule has 0 radical (unpaired) electrons. The molecule has 1 aliphatic rings. The molecule has 2 nitrogen and oxygen atoms in total. The van der Waals surface area contributed by atoms with Gasteiger partial charge in [-0.25, -0.2) is 0 Å². The molecule has 3 aromatic rings. The second kappa shape index (κ2) is 9.56. The lowest BCUT2D eigenvalue weighted by atomic mass is 9.83. The molecular weight excluding hydrogens is 354 g/mol. The van der Waals surface area contributed by atoms with Gasteiger partial charge >= 0.3 is 0 Å². The maximum atomic E-state index is 11.2. The summed E-state index contributed by atoms with van der Waals surface area (Å²) in [4.78, 5) is 4.61. The van der Waals surface area contributed by atoms with Gasteiger partial charge in [-0.05, 0) is 59.7 Å². The van der Waals surface area contributed by atoms with Gasteiger partial charge in [0.25, 0.3) is 0 Å². The second-order valence-electron chi connectivity index (χ2n) is 8.01. The van der Waals surface area contributed by atoms with Gasteiger partial charge in [-0.1, -0.05) is 80.6 Å². The smallest absolute Gasteiger partial charge is 0.127 e. The van der Waals surface area contributed by atoms with E-state index in [-0.39, 0.29) is 0 Å². The third-order valence-electron chi connectivity index (χ3n) is 5.93. The van der Waals surface area contributed by atoms with Crippen LogP contribution in [0.15, 0.2) is 77.8 Å². The van der Waals surface area contributed by atoms with Crippen molar-refractivity contribution in [2.24, 2.45) is 4.99 Å². The van der Waals surface area contributed by atoms with E-state index in [1.54, 1.807) is 0 Å². The number of hydrogen-bond donors (Lipinski definition) is 1. The first-order valence-electron chi connectivity index (χ1n) is 10.8. The molecule has 1 saturated carbocycles. The van der Waals surface area contributed by atoms with Gasteiger partial charge in [0.15, 0.2) is 0 Å². The van der Waals surface area contributed by atoms with E-state index in [9.17, 15) is 5.11 Å². The van der Waals surface area contributed by atoms with Crippen molar-refractivity contribution >= 4 is 11.9 Å². The predicted octanol–water partition coefficient (Wildman–Crippen LogP) is 7.64. The molecule has 148 valence electrons. The number of para-hydroxylation sites is 1. The second-order valence-corrected chi connectivity index (χ2v) is 8.01. The molecular formula is C27H29NO. The quantitative estimate of drug-likeness (QED) is 0.461. The summed E-state index contributed by atoms with van der Waals surface area (Å²) < 4.78 is 0. The fourth-order valence-electron chi connectivity index (χ4n) is 4.31. The Morgan fingerprint density at radius 3 is 2.03 bits per heavy atom. The van der Waals surface area contributed by atoms with Crippen LogP contribution >= 0.6 is 0 Å². The summed E-state index contributed by atoms with van der Waals surface area (Å²) in [5, 5.41) is 11.2. The summed E-state index contributed by atoms with van der Waals surface area (Å²) in [6.45, 7) is 0. The largest absolute Gasteiger partial charge is 0.507 e. The molecule has 4 rings (SSSR count). The topological polar surface area (TPSA) is 32.6 Å². The van der Waals surface area contributed by atoms with Crippen LogP contribution in [0.1, 0.15) is 62.0 Å². The molecule has 1 N–H and O–H groups in total. The Morgan fingerprint density at radius 2 is 1.34 bits per heavy atom. The third-order valence-corrected chi connectivity index (χ3v) is 5.93. The van der Waals surface area contributed by atoms with Gasteiger partial charge in [-0.3, -0.25) is 4.99 Å². The Hall–Kier alpha value is -2.87. The van der Waals surface area contributed by atoms with Gasteiger partial charge in [0, 0.05) is 11.8 Å². The molecule has 0 saturated heterocycles. The minimum absolute atomic E-state index is 0.398. The molecule has 29 heavy (non-hydrogen) atoms. The van der Waals surface area contributed by atoms with E-state index >= 15 is 0 Å². The van der Waals surface area contributed by atoms with Crippen LogP contribution in [-0.2, 0) is 0 Å². The number of hydrogen-bond acceptors (Lipinski definition) is 2. The van der Waals surface area contributed by atoms with E-state index in [2.05, 4.69) is 41.4 Å². The standard InChI is InChI=1S/C27H29NO/c29-27-24(20-28-25-16-10-5-11-17-25)18-23(21-12-8-4-9-13-21)19-26(27)22-14-6-2-1-3-7-15-22/h4-5,8-13,16-20,22,29H,1-3,6-7,14-15H2.